The summed E-state index contributed by atoms with van der Waals surface area (Å²) in [4.78, 5) is 0. The van der Waals surface area contributed by atoms with E-state index in [0.29, 0.717) is 46.2 Å². The van der Waals surface area contributed by atoms with Crippen LogP contribution in [0.1, 0.15) is 0 Å². The van der Waals surface area contributed by atoms with E-state index in [1.807, 2.05) is 24.3 Å². The first-order valence-electron chi connectivity index (χ1n) is 7.04. The lowest BCUT2D eigenvalue weighted by atomic mass is 10.3. The maximum atomic E-state index is 5.47. The van der Waals surface area contributed by atoms with Crippen LogP contribution < -0.4 is 5.32 Å². The molecule has 0 amide bonds. The number of hydrogen-bond donors (Lipinski definition) is 1. The van der Waals surface area contributed by atoms with Crippen LogP contribution >= 0.6 is 15.9 Å². The molecule has 0 atom stereocenters. The van der Waals surface area contributed by atoms with Crippen LogP contribution in [0.3, 0.4) is 0 Å². The molecule has 0 aromatic heterocycles. The number of anilines is 1. The number of methoxy groups -OCH3 is 1. The first-order chi connectivity index (χ1) is 10.3. The predicted octanol–water partition coefficient (Wildman–Crippen LogP) is 2.56. The summed E-state index contributed by atoms with van der Waals surface area (Å²) < 4.78 is 22.1. The van der Waals surface area contributed by atoms with E-state index in [-0.39, 0.29) is 0 Å². The zero-order valence-electron chi connectivity index (χ0n) is 12.5. The fourth-order valence-corrected chi connectivity index (χ4v) is 1.95. The van der Waals surface area contributed by atoms with Gasteiger partial charge in [0.05, 0.1) is 46.2 Å². The summed E-state index contributed by atoms with van der Waals surface area (Å²) in [5.74, 6) is 0. The average molecular weight is 362 g/mol. The fraction of sp³-hybridized carbons (Fsp3) is 0.600. The highest BCUT2D eigenvalue weighted by molar-refractivity contribution is 9.10. The molecule has 0 spiro atoms. The van der Waals surface area contributed by atoms with Crippen LogP contribution in [0.2, 0.25) is 0 Å². The van der Waals surface area contributed by atoms with Gasteiger partial charge in [-0.3, -0.25) is 0 Å². The van der Waals surface area contributed by atoms with Crippen molar-refractivity contribution in [1.82, 2.24) is 0 Å². The van der Waals surface area contributed by atoms with E-state index in [2.05, 4.69) is 21.2 Å². The van der Waals surface area contributed by atoms with Crippen LogP contribution in [-0.4, -0.2) is 59.9 Å². The molecule has 0 aliphatic carbocycles. The van der Waals surface area contributed by atoms with Crippen LogP contribution in [0, 0.1) is 0 Å². The van der Waals surface area contributed by atoms with Crippen LogP contribution in [0.5, 0.6) is 0 Å². The lowest BCUT2D eigenvalue weighted by Gasteiger charge is -2.08. The number of hydrogen-bond acceptors (Lipinski definition) is 5. The lowest BCUT2D eigenvalue weighted by Crippen LogP contribution is -2.14. The van der Waals surface area contributed by atoms with Crippen molar-refractivity contribution in [2.45, 2.75) is 0 Å². The summed E-state index contributed by atoms with van der Waals surface area (Å²) >= 11 is 3.43. The Kier molecular flexibility index (Phi) is 11.4. The van der Waals surface area contributed by atoms with Gasteiger partial charge in [-0.2, -0.15) is 0 Å². The van der Waals surface area contributed by atoms with Gasteiger partial charge < -0.3 is 24.3 Å². The minimum atomic E-state index is 0.587. The number of nitrogens with one attached hydrogen (secondary N) is 1. The number of rotatable bonds is 13. The smallest absolute Gasteiger partial charge is 0.0701 e. The highest BCUT2D eigenvalue weighted by atomic mass is 79.9. The molecule has 6 heteroatoms. The second-order valence-electron chi connectivity index (χ2n) is 4.27. The highest BCUT2D eigenvalue weighted by Crippen LogP contribution is 2.15. The second-order valence-corrected chi connectivity index (χ2v) is 5.18. The van der Waals surface area contributed by atoms with E-state index in [1.165, 1.54) is 0 Å². The van der Waals surface area contributed by atoms with Crippen molar-refractivity contribution in [2.75, 3.05) is 65.2 Å². The van der Waals surface area contributed by atoms with Gasteiger partial charge in [0.1, 0.15) is 0 Å². The van der Waals surface area contributed by atoms with Gasteiger partial charge in [-0.05, 0) is 18.2 Å². The third kappa shape index (κ3) is 10.7. The summed E-state index contributed by atoms with van der Waals surface area (Å²) in [6.07, 6.45) is 0. The van der Waals surface area contributed by atoms with Crippen molar-refractivity contribution in [1.29, 1.82) is 0 Å². The lowest BCUT2D eigenvalue weighted by molar-refractivity contribution is 0.00495. The van der Waals surface area contributed by atoms with Gasteiger partial charge in [-0.15, -0.1) is 0 Å². The first kappa shape index (κ1) is 18.4. The van der Waals surface area contributed by atoms with Crippen molar-refractivity contribution in [3.63, 3.8) is 0 Å². The summed E-state index contributed by atoms with van der Waals surface area (Å²) in [5, 5.41) is 3.29. The van der Waals surface area contributed by atoms with E-state index < -0.39 is 0 Å². The van der Waals surface area contributed by atoms with E-state index >= 15 is 0 Å². The van der Waals surface area contributed by atoms with Crippen LogP contribution in [0.15, 0.2) is 28.7 Å². The summed E-state index contributed by atoms with van der Waals surface area (Å²) in [5.41, 5.74) is 1.08. The van der Waals surface area contributed by atoms with Gasteiger partial charge in [0.15, 0.2) is 0 Å². The minimum absolute atomic E-state index is 0.587. The van der Waals surface area contributed by atoms with E-state index in [9.17, 15) is 0 Å². The number of benzene rings is 1. The maximum Gasteiger partial charge on any atom is 0.0701 e. The standard InChI is InChI=1S/C15H24BrNO4/c1-18-7-8-20-11-12-21-10-9-19-6-5-17-15-4-2-3-14(16)13-15/h2-4,13,17H,5-12H2,1H3. The van der Waals surface area contributed by atoms with Gasteiger partial charge in [-0.25, -0.2) is 0 Å². The van der Waals surface area contributed by atoms with Crippen LogP contribution in [-0.2, 0) is 18.9 Å². The molecule has 0 fully saturated rings. The van der Waals surface area contributed by atoms with Gasteiger partial charge in [0, 0.05) is 23.8 Å². The average Bonchev–Trinajstić information content (AvgIpc) is 2.48. The minimum Gasteiger partial charge on any atom is -0.383 e. The molecule has 0 aliphatic rings. The Hall–Kier alpha value is -0.660. The highest BCUT2D eigenvalue weighted by Gasteiger charge is 1.94. The molecule has 1 aromatic rings. The van der Waals surface area contributed by atoms with E-state index in [4.69, 9.17) is 18.9 Å². The van der Waals surface area contributed by atoms with Crippen molar-refractivity contribution >= 4 is 21.6 Å². The Morgan fingerprint density at radius 1 is 0.905 bits per heavy atom. The largest absolute Gasteiger partial charge is 0.383 e. The summed E-state index contributed by atoms with van der Waals surface area (Å²) in [6, 6.07) is 8.05. The monoisotopic (exact) mass is 361 g/mol. The Labute approximate surface area is 135 Å². The molecule has 1 rings (SSSR count). The van der Waals surface area contributed by atoms with Gasteiger partial charge in [0.25, 0.3) is 0 Å². The molecule has 0 saturated heterocycles. The second kappa shape index (κ2) is 13.0. The number of halogens is 1. The Balaban J connectivity index is 1.82. The zero-order chi connectivity index (χ0) is 15.2. The topological polar surface area (TPSA) is 49.0 Å². The Bertz CT molecular complexity index is 365. The predicted molar refractivity (Wildman–Crippen MR) is 87.0 cm³/mol. The molecule has 1 N–H and O–H groups in total. The molecule has 0 saturated carbocycles. The Morgan fingerprint density at radius 3 is 2.14 bits per heavy atom. The molecular weight excluding hydrogens is 338 g/mol. The quantitative estimate of drug-likeness (QED) is 0.547. The normalized spacial score (nSPS) is 10.8. The van der Waals surface area contributed by atoms with Crippen LogP contribution in [0.4, 0.5) is 5.69 Å². The molecule has 0 unspecified atom stereocenters. The maximum absolute atomic E-state index is 5.47. The molecule has 120 valence electrons. The molecule has 0 heterocycles. The van der Waals surface area contributed by atoms with Crippen molar-refractivity contribution in [3.8, 4) is 0 Å². The number of ether oxygens (including phenoxy) is 4. The van der Waals surface area contributed by atoms with Crippen molar-refractivity contribution in [3.05, 3.63) is 28.7 Å². The van der Waals surface area contributed by atoms with Crippen molar-refractivity contribution in [2.24, 2.45) is 0 Å². The van der Waals surface area contributed by atoms with Gasteiger partial charge >= 0.3 is 0 Å². The molecule has 21 heavy (non-hydrogen) atoms. The zero-order valence-corrected chi connectivity index (χ0v) is 14.1. The van der Waals surface area contributed by atoms with E-state index in [0.717, 1.165) is 16.7 Å². The van der Waals surface area contributed by atoms with E-state index in [1.54, 1.807) is 7.11 Å². The molecular formula is C15H24BrNO4. The Morgan fingerprint density at radius 2 is 1.52 bits per heavy atom. The molecule has 0 radical (unpaired) electrons. The molecule has 0 bridgehead atoms. The molecule has 0 aliphatic heterocycles. The van der Waals surface area contributed by atoms with Crippen molar-refractivity contribution < 1.29 is 18.9 Å². The van der Waals surface area contributed by atoms with Gasteiger partial charge in [0.2, 0.25) is 0 Å². The summed E-state index contributed by atoms with van der Waals surface area (Å²) in [6.45, 7) is 5.02. The molecule has 1 aromatic carbocycles. The SMILES string of the molecule is COCCOCCOCCOCCNc1cccc(Br)c1. The third-order valence-corrected chi connectivity index (χ3v) is 3.07. The third-order valence-electron chi connectivity index (χ3n) is 2.58. The molecule has 5 nitrogen and oxygen atoms in total. The summed E-state index contributed by atoms with van der Waals surface area (Å²) in [7, 11) is 1.66. The first-order valence-corrected chi connectivity index (χ1v) is 7.84. The van der Waals surface area contributed by atoms with Gasteiger partial charge in [-0.1, -0.05) is 22.0 Å². The van der Waals surface area contributed by atoms with Crippen LogP contribution in [0.25, 0.3) is 0 Å². The fourth-order valence-electron chi connectivity index (χ4n) is 1.55.